The van der Waals surface area contributed by atoms with E-state index in [1.54, 1.807) is 28.5 Å². The number of nitro benzene ring substituents is 1. The van der Waals surface area contributed by atoms with Crippen LogP contribution in [0.2, 0.25) is 5.02 Å². The Hall–Kier alpha value is -2.76. The van der Waals surface area contributed by atoms with Gasteiger partial charge in [0.1, 0.15) is 11.7 Å². The maximum absolute atomic E-state index is 13.2. The maximum Gasteiger partial charge on any atom is 0.294 e. The molecule has 0 aliphatic carbocycles. The van der Waals surface area contributed by atoms with Crippen LogP contribution in [0.5, 0.6) is 0 Å². The molecule has 0 spiro atoms. The minimum Gasteiger partial charge on any atom is -0.362 e. The number of halogens is 1. The topological polar surface area (TPSA) is 100 Å². The number of anilines is 1. The number of nitrogens with zero attached hydrogens (tertiary/aromatic N) is 5. The Balaban J connectivity index is 1.49. The molecule has 1 atom stereocenters. The smallest absolute Gasteiger partial charge is 0.294 e. The molecule has 1 unspecified atom stereocenters. The van der Waals surface area contributed by atoms with Gasteiger partial charge in [-0.3, -0.25) is 24.6 Å². The average molecular weight is 479 g/mol. The van der Waals surface area contributed by atoms with Gasteiger partial charge in [0.15, 0.2) is 10.6 Å². The Morgan fingerprint density at radius 3 is 2.71 bits per heavy atom. The zero-order valence-corrected chi connectivity index (χ0v) is 18.9. The summed E-state index contributed by atoms with van der Waals surface area (Å²) in [6, 6.07) is 7.96. The van der Waals surface area contributed by atoms with E-state index in [1.807, 2.05) is 22.4 Å². The van der Waals surface area contributed by atoms with E-state index in [0.29, 0.717) is 47.5 Å². The zero-order chi connectivity index (χ0) is 22.1. The van der Waals surface area contributed by atoms with Crippen molar-refractivity contribution in [3.8, 4) is 10.7 Å². The third kappa shape index (κ3) is 4.21. The lowest BCUT2D eigenvalue weighted by Crippen LogP contribution is -2.50. The number of hydrogen-bond acceptors (Lipinski definition) is 7. The first kappa shape index (κ1) is 21.5. The minimum absolute atomic E-state index is 0.0362. The highest BCUT2D eigenvalue weighted by Crippen LogP contribution is 2.32. The SMILES string of the molecule is CC(C(=O)N1CCN(c2ccc(Cl)cc2[N+](=O)[O-])CC1)n1c(-c2cccs2)n[nH]c1=S. The number of aromatic nitrogens is 3. The third-order valence-corrected chi connectivity index (χ3v) is 6.65. The monoisotopic (exact) mass is 478 g/mol. The van der Waals surface area contributed by atoms with E-state index in [9.17, 15) is 14.9 Å². The molecule has 162 valence electrons. The number of carbonyl (C=O) groups excluding carboxylic acids is 1. The van der Waals surface area contributed by atoms with Gasteiger partial charge < -0.3 is 9.80 Å². The number of benzene rings is 1. The Morgan fingerprint density at radius 1 is 1.32 bits per heavy atom. The second-order valence-corrected chi connectivity index (χ2v) is 8.85. The average Bonchev–Trinajstić information content (AvgIpc) is 3.42. The van der Waals surface area contributed by atoms with Gasteiger partial charge in [0, 0.05) is 37.3 Å². The van der Waals surface area contributed by atoms with Gasteiger partial charge in [-0.1, -0.05) is 17.7 Å². The van der Waals surface area contributed by atoms with Crippen LogP contribution in [0.15, 0.2) is 35.7 Å². The van der Waals surface area contributed by atoms with Crippen molar-refractivity contribution in [1.29, 1.82) is 0 Å². The van der Waals surface area contributed by atoms with Gasteiger partial charge in [-0.05, 0) is 42.7 Å². The molecule has 3 heterocycles. The van der Waals surface area contributed by atoms with Gasteiger partial charge in [0.25, 0.3) is 5.69 Å². The molecule has 31 heavy (non-hydrogen) atoms. The summed E-state index contributed by atoms with van der Waals surface area (Å²) in [6.45, 7) is 3.66. The molecule has 4 rings (SSSR count). The number of H-pyrrole nitrogens is 1. The van der Waals surface area contributed by atoms with Gasteiger partial charge in [-0.15, -0.1) is 11.3 Å². The standard InChI is InChI=1S/C19H19ClN6O3S2/c1-12(25-17(21-22-19(25)30)16-3-2-10-31-16)18(27)24-8-6-23(7-9-24)14-5-4-13(20)11-15(14)26(28)29/h2-5,10-12H,6-9H2,1H3,(H,22,30). The van der Waals surface area contributed by atoms with E-state index in [1.165, 1.54) is 17.4 Å². The van der Waals surface area contributed by atoms with E-state index in [-0.39, 0.29) is 11.6 Å². The summed E-state index contributed by atoms with van der Waals surface area (Å²) in [5.41, 5.74) is 0.470. The maximum atomic E-state index is 13.2. The van der Waals surface area contributed by atoms with Crippen LogP contribution in [0.4, 0.5) is 11.4 Å². The molecular formula is C19H19ClN6O3S2. The Kier molecular flexibility index (Phi) is 6.08. The van der Waals surface area contributed by atoms with Gasteiger partial charge in [0.05, 0.1) is 9.80 Å². The van der Waals surface area contributed by atoms with Gasteiger partial charge >= 0.3 is 0 Å². The van der Waals surface area contributed by atoms with Crippen molar-refractivity contribution < 1.29 is 9.72 Å². The highest BCUT2D eigenvalue weighted by Gasteiger charge is 2.30. The van der Waals surface area contributed by atoms with Crippen molar-refractivity contribution in [2.24, 2.45) is 0 Å². The number of rotatable bonds is 5. The molecular weight excluding hydrogens is 460 g/mol. The van der Waals surface area contributed by atoms with Crippen molar-refractivity contribution in [3.05, 3.63) is 55.6 Å². The Labute approximate surface area is 192 Å². The van der Waals surface area contributed by atoms with Crippen LogP contribution in [0.3, 0.4) is 0 Å². The van der Waals surface area contributed by atoms with E-state index in [0.717, 1.165) is 4.88 Å². The highest BCUT2D eigenvalue weighted by molar-refractivity contribution is 7.71. The Morgan fingerprint density at radius 2 is 2.06 bits per heavy atom. The van der Waals surface area contributed by atoms with Crippen LogP contribution in [0, 0.1) is 14.9 Å². The van der Waals surface area contributed by atoms with Crippen molar-refractivity contribution in [3.63, 3.8) is 0 Å². The molecule has 0 radical (unpaired) electrons. The molecule has 12 heteroatoms. The van der Waals surface area contributed by atoms with Crippen molar-refractivity contribution in [1.82, 2.24) is 19.7 Å². The minimum atomic E-state index is -0.528. The number of aromatic amines is 1. The lowest BCUT2D eigenvalue weighted by Gasteiger charge is -2.37. The molecule has 1 N–H and O–H groups in total. The van der Waals surface area contributed by atoms with Gasteiger partial charge in [-0.2, -0.15) is 5.10 Å². The largest absolute Gasteiger partial charge is 0.362 e. The highest BCUT2D eigenvalue weighted by atomic mass is 35.5. The van der Waals surface area contributed by atoms with E-state index < -0.39 is 11.0 Å². The summed E-state index contributed by atoms with van der Waals surface area (Å²) in [5.74, 6) is 0.567. The van der Waals surface area contributed by atoms with Crippen molar-refractivity contribution in [2.75, 3.05) is 31.1 Å². The third-order valence-electron chi connectivity index (χ3n) is 5.26. The first-order valence-electron chi connectivity index (χ1n) is 9.55. The summed E-state index contributed by atoms with van der Waals surface area (Å²) in [5, 5.41) is 20.7. The second kappa shape index (κ2) is 8.77. The predicted octanol–water partition coefficient (Wildman–Crippen LogP) is 4.14. The number of amides is 1. The first-order valence-corrected chi connectivity index (χ1v) is 11.2. The fourth-order valence-corrected chi connectivity index (χ4v) is 4.86. The molecule has 1 saturated heterocycles. The van der Waals surface area contributed by atoms with Crippen molar-refractivity contribution >= 4 is 52.4 Å². The zero-order valence-electron chi connectivity index (χ0n) is 16.5. The molecule has 3 aromatic rings. The van der Waals surface area contributed by atoms with Crippen LogP contribution in [0.25, 0.3) is 10.7 Å². The van der Waals surface area contributed by atoms with Crippen LogP contribution < -0.4 is 4.90 Å². The van der Waals surface area contributed by atoms with Crippen LogP contribution in [-0.4, -0.2) is 56.7 Å². The number of piperazine rings is 1. The number of thiophene rings is 1. The van der Waals surface area contributed by atoms with Crippen LogP contribution >= 0.6 is 35.2 Å². The number of hydrogen-bond donors (Lipinski definition) is 1. The number of nitrogens with one attached hydrogen (secondary N) is 1. The van der Waals surface area contributed by atoms with Crippen LogP contribution in [-0.2, 0) is 4.79 Å². The normalized spacial score (nSPS) is 15.2. The predicted molar refractivity (Wildman–Crippen MR) is 122 cm³/mol. The summed E-state index contributed by atoms with van der Waals surface area (Å²) in [7, 11) is 0. The number of nitro groups is 1. The van der Waals surface area contributed by atoms with E-state index >= 15 is 0 Å². The molecule has 1 aliphatic heterocycles. The molecule has 2 aromatic heterocycles. The summed E-state index contributed by atoms with van der Waals surface area (Å²) < 4.78 is 2.12. The molecule has 1 amide bonds. The Bertz CT molecular complexity index is 1170. The molecule has 1 aromatic carbocycles. The van der Waals surface area contributed by atoms with Gasteiger partial charge in [-0.25, -0.2) is 0 Å². The fraction of sp³-hybridized carbons (Fsp3) is 0.316. The second-order valence-electron chi connectivity index (χ2n) is 7.08. The first-order chi connectivity index (χ1) is 14.9. The molecule has 9 nitrogen and oxygen atoms in total. The molecule has 1 aliphatic rings. The van der Waals surface area contributed by atoms with E-state index in [2.05, 4.69) is 10.2 Å². The quantitative estimate of drug-likeness (QED) is 0.336. The summed E-state index contributed by atoms with van der Waals surface area (Å²) in [6.07, 6.45) is 0. The molecule has 1 fully saturated rings. The lowest BCUT2D eigenvalue weighted by atomic mass is 10.2. The summed E-state index contributed by atoms with van der Waals surface area (Å²) >= 11 is 12.8. The lowest BCUT2D eigenvalue weighted by molar-refractivity contribution is -0.384. The van der Waals surface area contributed by atoms with Crippen LogP contribution in [0.1, 0.15) is 13.0 Å². The van der Waals surface area contributed by atoms with E-state index in [4.69, 9.17) is 23.8 Å². The van der Waals surface area contributed by atoms with Gasteiger partial charge in [0.2, 0.25) is 5.91 Å². The fourth-order valence-electron chi connectivity index (χ4n) is 3.70. The van der Waals surface area contributed by atoms with Crippen molar-refractivity contribution in [2.45, 2.75) is 13.0 Å². The number of carbonyl (C=O) groups is 1. The molecule has 0 bridgehead atoms. The molecule has 0 saturated carbocycles. The summed E-state index contributed by atoms with van der Waals surface area (Å²) in [4.78, 5) is 28.8.